The van der Waals surface area contributed by atoms with E-state index >= 15 is 0 Å². The second kappa shape index (κ2) is 8.03. The Kier molecular flexibility index (Phi) is 5.83. The molecule has 0 spiro atoms. The van der Waals surface area contributed by atoms with E-state index in [-0.39, 0.29) is 36.4 Å². The van der Waals surface area contributed by atoms with Gasteiger partial charge in [-0.15, -0.1) is 0 Å². The fraction of sp³-hybridized carbons (Fsp3) is 0.923. The van der Waals surface area contributed by atoms with E-state index in [4.69, 9.17) is 9.47 Å². The molecule has 4 N–H and O–H groups in total. The topological polar surface area (TPSA) is 99.4 Å². The SMILES string of the molecule is COC1(O[C@H]2CC[C@H]3[C@@H]4CC=C5C[C@@H](O)CC(O)[C@]5(CO)C4(O)CC[C@]23C)CCCCC1. The van der Waals surface area contributed by atoms with E-state index in [1.165, 1.54) is 6.42 Å². The van der Waals surface area contributed by atoms with Crippen LogP contribution in [0.2, 0.25) is 0 Å². The summed E-state index contributed by atoms with van der Waals surface area (Å²) in [4.78, 5) is 0. The Labute approximate surface area is 192 Å². The quantitative estimate of drug-likeness (QED) is 0.388. The van der Waals surface area contributed by atoms with Crippen LogP contribution in [0.25, 0.3) is 0 Å². The Balaban J connectivity index is 1.45. The molecule has 2 unspecified atom stereocenters. The van der Waals surface area contributed by atoms with Gasteiger partial charge in [-0.05, 0) is 68.6 Å². The van der Waals surface area contributed by atoms with Crippen LogP contribution in [0.4, 0.5) is 0 Å². The molecule has 4 saturated carbocycles. The second-order valence-corrected chi connectivity index (χ2v) is 11.7. The summed E-state index contributed by atoms with van der Waals surface area (Å²) in [6, 6.07) is 0. The molecular weight excluding hydrogens is 408 g/mol. The molecule has 4 fully saturated rings. The second-order valence-electron chi connectivity index (χ2n) is 11.7. The highest BCUT2D eigenvalue weighted by molar-refractivity contribution is 5.34. The van der Waals surface area contributed by atoms with Gasteiger partial charge in [-0.25, -0.2) is 0 Å². The molecule has 0 radical (unpaired) electrons. The lowest BCUT2D eigenvalue weighted by Gasteiger charge is -2.64. The number of aliphatic hydroxyl groups is 4. The molecular formula is C26H42O6. The number of methoxy groups -OCH3 is 1. The Hall–Kier alpha value is -0.500. The molecule has 5 aliphatic carbocycles. The van der Waals surface area contributed by atoms with Crippen LogP contribution in [0, 0.1) is 22.7 Å². The van der Waals surface area contributed by atoms with E-state index in [1.807, 2.05) is 0 Å². The van der Waals surface area contributed by atoms with Gasteiger partial charge < -0.3 is 29.9 Å². The molecule has 0 aromatic carbocycles. The van der Waals surface area contributed by atoms with E-state index in [0.717, 1.165) is 56.9 Å². The maximum atomic E-state index is 12.3. The molecule has 0 heterocycles. The van der Waals surface area contributed by atoms with Crippen LogP contribution in [0.3, 0.4) is 0 Å². The van der Waals surface area contributed by atoms with Gasteiger partial charge in [0.2, 0.25) is 0 Å². The van der Waals surface area contributed by atoms with Crippen LogP contribution in [0.5, 0.6) is 0 Å². The normalized spacial score (nSPS) is 50.2. The number of ether oxygens (including phenoxy) is 2. The fourth-order valence-electron chi connectivity index (χ4n) is 8.68. The Morgan fingerprint density at radius 1 is 1.03 bits per heavy atom. The van der Waals surface area contributed by atoms with Crippen molar-refractivity contribution in [1.29, 1.82) is 0 Å². The molecule has 0 aromatic heterocycles. The summed E-state index contributed by atoms with van der Waals surface area (Å²) in [7, 11) is 1.77. The molecule has 0 bridgehead atoms. The first-order valence-corrected chi connectivity index (χ1v) is 12.9. The van der Waals surface area contributed by atoms with E-state index in [2.05, 4.69) is 13.0 Å². The zero-order valence-corrected chi connectivity index (χ0v) is 19.8. The van der Waals surface area contributed by atoms with Gasteiger partial charge in [0.15, 0.2) is 5.79 Å². The first kappa shape index (κ1) is 23.3. The average molecular weight is 451 g/mol. The van der Waals surface area contributed by atoms with Crippen molar-refractivity contribution in [3.05, 3.63) is 11.6 Å². The van der Waals surface area contributed by atoms with Crippen LogP contribution in [-0.4, -0.2) is 63.8 Å². The Bertz CT molecular complexity index is 747. The average Bonchev–Trinajstić information content (AvgIpc) is 3.10. The van der Waals surface area contributed by atoms with E-state index < -0.39 is 29.0 Å². The third-order valence-electron chi connectivity index (χ3n) is 10.5. The standard InChI is InChI=1S/C26H42O6/c1-23-12-13-26(30)20(7-6-17-14-18(28)15-21(29)25(17,26)16-27)19(23)8-9-22(23)32-24(31-2)10-4-3-5-11-24/h6,18-22,27-30H,3-5,7-16H2,1-2H3/t18-,19+,20+,21?,22+,23+,25-,26?/m1/s1. The molecule has 0 aromatic rings. The van der Waals surface area contributed by atoms with E-state index in [1.54, 1.807) is 7.11 Å². The van der Waals surface area contributed by atoms with E-state index in [0.29, 0.717) is 12.8 Å². The maximum absolute atomic E-state index is 12.3. The Morgan fingerprint density at radius 3 is 2.47 bits per heavy atom. The van der Waals surface area contributed by atoms with Crippen molar-refractivity contribution in [2.45, 2.75) is 114 Å². The van der Waals surface area contributed by atoms with Crippen molar-refractivity contribution in [2.75, 3.05) is 13.7 Å². The van der Waals surface area contributed by atoms with Gasteiger partial charge >= 0.3 is 0 Å². The van der Waals surface area contributed by atoms with Crippen LogP contribution < -0.4 is 0 Å². The highest BCUT2D eigenvalue weighted by Gasteiger charge is 2.69. The number of allylic oxidation sites excluding steroid dienone is 1. The summed E-state index contributed by atoms with van der Waals surface area (Å²) in [5.41, 5.74) is -1.43. The van der Waals surface area contributed by atoms with Gasteiger partial charge in [-0.1, -0.05) is 25.0 Å². The summed E-state index contributed by atoms with van der Waals surface area (Å²) < 4.78 is 12.8. The van der Waals surface area contributed by atoms with Gasteiger partial charge in [0, 0.05) is 26.4 Å². The number of fused-ring (bicyclic) bond motifs is 5. The van der Waals surface area contributed by atoms with Crippen molar-refractivity contribution in [3.63, 3.8) is 0 Å². The number of rotatable bonds is 4. The highest BCUT2D eigenvalue weighted by Crippen LogP contribution is 2.67. The molecule has 0 amide bonds. The number of hydrogen-bond acceptors (Lipinski definition) is 6. The molecule has 5 rings (SSSR count). The van der Waals surface area contributed by atoms with Crippen LogP contribution >= 0.6 is 0 Å². The first-order valence-electron chi connectivity index (χ1n) is 12.9. The minimum Gasteiger partial charge on any atom is -0.395 e. The van der Waals surface area contributed by atoms with Gasteiger partial charge in [0.05, 0.1) is 35.9 Å². The molecule has 32 heavy (non-hydrogen) atoms. The molecule has 8 atom stereocenters. The third-order valence-corrected chi connectivity index (χ3v) is 10.5. The minimum absolute atomic E-state index is 0.0273. The lowest BCUT2D eigenvalue weighted by Crippen LogP contribution is -2.69. The third kappa shape index (κ3) is 3.06. The largest absolute Gasteiger partial charge is 0.395 e. The molecule has 182 valence electrons. The summed E-state index contributed by atoms with van der Waals surface area (Å²) in [5.74, 6) is -0.236. The lowest BCUT2D eigenvalue weighted by molar-refractivity contribution is -0.288. The zero-order chi connectivity index (χ0) is 22.8. The number of aliphatic hydroxyl groups excluding tert-OH is 3. The van der Waals surface area contributed by atoms with Crippen molar-refractivity contribution in [3.8, 4) is 0 Å². The Morgan fingerprint density at radius 2 is 1.78 bits per heavy atom. The molecule has 6 nitrogen and oxygen atoms in total. The lowest BCUT2D eigenvalue weighted by atomic mass is 9.44. The zero-order valence-electron chi connectivity index (χ0n) is 19.8. The van der Waals surface area contributed by atoms with Gasteiger partial charge in [-0.2, -0.15) is 0 Å². The van der Waals surface area contributed by atoms with Crippen molar-refractivity contribution >= 4 is 0 Å². The van der Waals surface area contributed by atoms with Crippen LogP contribution in [0.15, 0.2) is 11.6 Å². The summed E-state index contributed by atoms with van der Waals surface area (Å²) in [6.07, 6.45) is 10.7. The molecule has 0 saturated heterocycles. The van der Waals surface area contributed by atoms with Crippen LogP contribution in [0.1, 0.15) is 84.0 Å². The monoisotopic (exact) mass is 450 g/mol. The van der Waals surface area contributed by atoms with Crippen molar-refractivity contribution < 1.29 is 29.9 Å². The maximum Gasteiger partial charge on any atom is 0.168 e. The number of hydrogen-bond donors (Lipinski definition) is 4. The van der Waals surface area contributed by atoms with Gasteiger partial charge in [-0.3, -0.25) is 0 Å². The van der Waals surface area contributed by atoms with Gasteiger partial charge in [0.1, 0.15) is 0 Å². The van der Waals surface area contributed by atoms with E-state index in [9.17, 15) is 20.4 Å². The van der Waals surface area contributed by atoms with Gasteiger partial charge in [0.25, 0.3) is 0 Å². The molecule has 0 aliphatic heterocycles. The summed E-state index contributed by atoms with van der Waals surface area (Å²) in [5, 5.41) is 44.2. The fourth-order valence-corrected chi connectivity index (χ4v) is 8.68. The molecule has 5 aliphatic rings. The van der Waals surface area contributed by atoms with Crippen molar-refractivity contribution in [1.82, 2.24) is 0 Å². The predicted molar refractivity (Wildman–Crippen MR) is 120 cm³/mol. The van der Waals surface area contributed by atoms with Crippen molar-refractivity contribution in [2.24, 2.45) is 22.7 Å². The minimum atomic E-state index is -1.16. The van der Waals surface area contributed by atoms with Crippen LogP contribution in [-0.2, 0) is 9.47 Å². The smallest absolute Gasteiger partial charge is 0.168 e. The first-order chi connectivity index (χ1) is 15.2. The summed E-state index contributed by atoms with van der Waals surface area (Å²) in [6.45, 7) is 2.04. The highest BCUT2D eigenvalue weighted by atomic mass is 16.7. The molecule has 6 heteroatoms. The predicted octanol–water partition coefficient (Wildman–Crippen LogP) is 3.06. The summed E-state index contributed by atoms with van der Waals surface area (Å²) >= 11 is 0.